The highest BCUT2D eigenvalue weighted by molar-refractivity contribution is 5.88. The van der Waals surface area contributed by atoms with E-state index in [2.05, 4.69) is 5.32 Å². The van der Waals surface area contributed by atoms with Crippen LogP contribution in [0.4, 0.5) is 0 Å². The molecular weight excluding hydrogens is 224 g/mol. The van der Waals surface area contributed by atoms with E-state index in [1.54, 1.807) is 20.8 Å². The van der Waals surface area contributed by atoms with Gasteiger partial charge in [0.25, 0.3) is 0 Å². The first-order valence-electron chi connectivity index (χ1n) is 5.66. The highest BCUT2D eigenvalue weighted by Gasteiger charge is 2.45. The Labute approximate surface area is 101 Å². The Hall–Kier alpha value is -1.14. The molecule has 1 heterocycles. The number of ether oxygens (including phenoxy) is 1. The minimum atomic E-state index is -1.04. The zero-order valence-corrected chi connectivity index (χ0v) is 10.4. The molecule has 3 unspecified atom stereocenters. The van der Waals surface area contributed by atoms with Crippen molar-refractivity contribution in [2.75, 3.05) is 13.2 Å². The number of carboxylic acids is 1. The summed E-state index contributed by atoms with van der Waals surface area (Å²) in [6.45, 7) is 5.73. The van der Waals surface area contributed by atoms with Crippen LogP contribution in [0.3, 0.4) is 0 Å². The molecule has 6 nitrogen and oxygen atoms in total. The maximum absolute atomic E-state index is 12.1. The van der Waals surface area contributed by atoms with Crippen LogP contribution in [-0.4, -0.2) is 42.3 Å². The number of amides is 1. The normalized spacial score (nSPS) is 30.3. The summed E-state index contributed by atoms with van der Waals surface area (Å²) in [6.07, 6.45) is 0. The van der Waals surface area contributed by atoms with Crippen LogP contribution in [0, 0.1) is 11.3 Å². The van der Waals surface area contributed by atoms with Gasteiger partial charge in [-0.3, -0.25) is 4.79 Å². The van der Waals surface area contributed by atoms with Crippen LogP contribution in [0.2, 0.25) is 0 Å². The van der Waals surface area contributed by atoms with Crippen molar-refractivity contribution in [3.63, 3.8) is 0 Å². The van der Waals surface area contributed by atoms with Crippen molar-refractivity contribution in [3.05, 3.63) is 0 Å². The number of nitrogens with one attached hydrogen (secondary N) is 1. The van der Waals surface area contributed by atoms with Gasteiger partial charge in [-0.1, -0.05) is 13.8 Å². The SMILES string of the molecule is CC(C)C(NC(=O)C1(C)COCC1N)C(=O)O. The lowest BCUT2D eigenvalue weighted by Gasteiger charge is -2.28. The Morgan fingerprint density at radius 3 is 2.47 bits per heavy atom. The predicted molar refractivity (Wildman–Crippen MR) is 61.3 cm³/mol. The summed E-state index contributed by atoms with van der Waals surface area (Å²) < 4.78 is 5.16. The number of hydrogen-bond acceptors (Lipinski definition) is 4. The van der Waals surface area contributed by atoms with Crippen molar-refractivity contribution in [2.24, 2.45) is 17.1 Å². The Balaban J connectivity index is 2.74. The van der Waals surface area contributed by atoms with E-state index in [4.69, 9.17) is 15.6 Å². The molecular formula is C11H20N2O4. The molecule has 3 atom stereocenters. The van der Waals surface area contributed by atoms with E-state index in [1.165, 1.54) is 0 Å². The lowest BCUT2D eigenvalue weighted by atomic mass is 9.84. The van der Waals surface area contributed by atoms with Crippen LogP contribution in [0.5, 0.6) is 0 Å². The Kier molecular flexibility index (Phi) is 4.11. The van der Waals surface area contributed by atoms with Gasteiger partial charge >= 0.3 is 5.97 Å². The number of carboxylic acid groups (broad SMARTS) is 1. The van der Waals surface area contributed by atoms with E-state index < -0.39 is 23.5 Å². The van der Waals surface area contributed by atoms with Crippen LogP contribution in [0.25, 0.3) is 0 Å². The second kappa shape index (κ2) is 5.01. The Morgan fingerprint density at radius 2 is 2.12 bits per heavy atom. The second-order valence-corrected chi connectivity index (χ2v) is 5.07. The van der Waals surface area contributed by atoms with Crippen molar-refractivity contribution >= 4 is 11.9 Å². The summed E-state index contributed by atoms with van der Waals surface area (Å²) in [5.41, 5.74) is 4.96. The summed E-state index contributed by atoms with van der Waals surface area (Å²) in [6, 6.07) is -1.30. The number of hydrogen-bond donors (Lipinski definition) is 3. The first kappa shape index (κ1) is 13.9. The number of aliphatic carboxylic acids is 1. The van der Waals surface area contributed by atoms with Crippen LogP contribution in [-0.2, 0) is 14.3 Å². The number of carbonyl (C=O) groups excluding carboxylic acids is 1. The third kappa shape index (κ3) is 2.76. The smallest absolute Gasteiger partial charge is 0.326 e. The molecule has 1 fully saturated rings. The van der Waals surface area contributed by atoms with Crippen LogP contribution < -0.4 is 11.1 Å². The van der Waals surface area contributed by atoms with E-state index >= 15 is 0 Å². The lowest BCUT2D eigenvalue weighted by molar-refractivity contribution is -0.145. The highest BCUT2D eigenvalue weighted by Crippen LogP contribution is 2.27. The van der Waals surface area contributed by atoms with Gasteiger partial charge in [0.15, 0.2) is 0 Å². The van der Waals surface area contributed by atoms with Gasteiger partial charge in [-0.2, -0.15) is 0 Å². The van der Waals surface area contributed by atoms with E-state index in [0.29, 0.717) is 6.61 Å². The van der Waals surface area contributed by atoms with Gasteiger partial charge in [-0.25, -0.2) is 4.79 Å². The van der Waals surface area contributed by atoms with E-state index in [9.17, 15) is 9.59 Å². The van der Waals surface area contributed by atoms with Crippen molar-refractivity contribution in [1.29, 1.82) is 0 Å². The van der Waals surface area contributed by atoms with Gasteiger partial charge < -0.3 is 20.9 Å². The average Bonchev–Trinajstić information content (AvgIpc) is 2.55. The summed E-state index contributed by atoms with van der Waals surface area (Å²) >= 11 is 0. The van der Waals surface area contributed by atoms with Crippen LogP contribution in [0.15, 0.2) is 0 Å². The monoisotopic (exact) mass is 244 g/mol. The molecule has 0 aromatic rings. The molecule has 0 radical (unpaired) electrons. The molecule has 0 aromatic heterocycles. The van der Waals surface area contributed by atoms with Crippen molar-refractivity contribution < 1.29 is 19.4 Å². The zero-order valence-electron chi connectivity index (χ0n) is 10.4. The fraction of sp³-hybridized carbons (Fsp3) is 0.818. The van der Waals surface area contributed by atoms with Crippen molar-refractivity contribution in [1.82, 2.24) is 5.32 Å². The fourth-order valence-electron chi connectivity index (χ4n) is 1.74. The van der Waals surface area contributed by atoms with Crippen molar-refractivity contribution in [2.45, 2.75) is 32.9 Å². The largest absolute Gasteiger partial charge is 0.480 e. The summed E-state index contributed by atoms with van der Waals surface area (Å²) in [7, 11) is 0. The summed E-state index contributed by atoms with van der Waals surface area (Å²) in [4.78, 5) is 23.1. The third-order valence-corrected chi connectivity index (χ3v) is 3.26. The molecule has 4 N–H and O–H groups in total. The number of rotatable bonds is 4. The molecule has 1 rings (SSSR count). The maximum atomic E-state index is 12.1. The molecule has 0 spiro atoms. The highest BCUT2D eigenvalue weighted by atomic mass is 16.5. The second-order valence-electron chi connectivity index (χ2n) is 5.07. The summed E-state index contributed by atoms with van der Waals surface area (Å²) in [5.74, 6) is -1.58. The molecule has 6 heteroatoms. The van der Waals surface area contributed by atoms with Crippen molar-refractivity contribution in [3.8, 4) is 0 Å². The van der Waals surface area contributed by atoms with E-state index in [1.807, 2.05) is 0 Å². The van der Waals surface area contributed by atoms with Crippen LogP contribution in [0.1, 0.15) is 20.8 Å². The molecule has 1 saturated heterocycles. The number of nitrogens with two attached hydrogens (primary N) is 1. The molecule has 0 aromatic carbocycles. The quantitative estimate of drug-likeness (QED) is 0.623. The zero-order chi connectivity index (χ0) is 13.2. The van der Waals surface area contributed by atoms with Gasteiger partial charge in [0.2, 0.25) is 5.91 Å². The standard InChI is InChI=1S/C11H20N2O4/c1-6(2)8(9(14)15)13-10(16)11(3)5-17-4-7(11)12/h6-8H,4-5,12H2,1-3H3,(H,13,16)(H,14,15). The third-order valence-electron chi connectivity index (χ3n) is 3.26. The van der Waals surface area contributed by atoms with Gasteiger partial charge in [0.05, 0.1) is 18.6 Å². The van der Waals surface area contributed by atoms with E-state index in [-0.39, 0.29) is 18.4 Å². The summed E-state index contributed by atoms with van der Waals surface area (Å²) in [5, 5.41) is 11.5. The Bertz CT molecular complexity index is 319. The molecule has 0 aliphatic carbocycles. The Morgan fingerprint density at radius 1 is 1.53 bits per heavy atom. The van der Waals surface area contributed by atoms with Gasteiger partial charge in [0.1, 0.15) is 6.04 Å². The average molecular weight is 244 g/mol. The minimum Gasteiger partial charge on any atom is -0.480 e. The molecule has 1 aliphatic heterocycles. The maximum Gasteiger partial charge on any atom is 0.326 e. The first-order chi connectivity index (χ1) is 7.79. The molecule has 98 valence electrons. The van der Waals surface area contributed by atoms with Gasteiger partial charge in [-0.15, -0.1) is 0 Å². The van der Waals surface area contributed by atoms with Gasteiger partial charge in [0, 0.05) is 6.04 Å². The fourth-order valence-corrected chi connectivity index (χ4v) is 1.74. The molecule has 0 saturated carbocycles. The van der Waals surface area contributed by atoms with Gasteiger partial charge in [-0.05, 0) is 12.8 Å². The topological polar surface area (TPSA) is 102 Å². The minimum absolute atomic E-state index is 0.182. The molecule has 1 aliphatic rings. The molecule has 17 heavy (non-hydrogen) atoms. The number of carbonyl (C=O) groups is 2. The van der Waals surface area contributed by atoms with E-state index in [0.717, 1.165) is 0 Å². The molecule has 0 bridgehead atoms. The van der Waals surface area contributed by atoms with Crippen LogP contribution >= 0.6 is 0 Å². The molecule has 1 amide bonds. The lowest BCUT2D eigenvalue weighted by Crippen LogP contribution is -2.55. The first-order valence-corrected chi connectivity index (χ1v) is 5.66. The predicted octanol–water partition coefficient (Wildman–Crippen LogP) is -0.424.